The number of amides is 1. The number of carbonyl (C=O) groups excluding carboxylic acids is 1. The van der Waals surface area contributed by atoms with Crippen molar-refractivity contribution < 1.29 is 4.79 Å². The second kappa shape index (κ2) is 8.05. The summed E-state index contributed by atoms with van der Waals surface area (Å²) in [6.07, 6.45) is 5.85. The molecule has 2 rings (SSSR count). The van der Waals surface area contributed by atoms with Crippen molar-refractivity contribution in [2.75, 3.05) is 26.2 Å². The van der Waals surface area contributed by atoms with Crippen molar-refractivity contribution in [2.45, 2.75) is 39.0 Å². The minimum Gasteiger partial charge on any atom is -0.342 e. The average molecular weight is 274 g/mol. The van der Waals surface area contributed by atoms with E-state index in [-0.39, 0.29) is 5.91 Å². The molecule has 1 aliphatic heterocycles. The second-order valence-electron chi connectivity index (χ2n) is 5.65. The van der Waals surface area contributed by atoms with Gasteiger partial charge in [0.05, 0.1) is 6.54 Å². The summed E-state index contributed by atoms with van der Waals surface area (Å²) < 4.78 is 0. The Morgan fingerprint density at radius 2 is 1.85 bits per heavy atom. The van der Waals surface area contributed by atoms with E-state index in [0.29, 0.717) is 6.54 Å². The van der Waals surface area contributed by atoms with E-state index < -0.39 is 0 Å². The highest BCUT2D eigenvalue weighted by Crippen LogP contribution is 2.09. The Morgan fingerprint density at radius 3 is 2.55 bits per heavy atom. The van der Waals surface area contributed by atoms with E-state index in [4.69, 9.17) is 0 Å². The van der Waals surface area contributed by atoms with Gasteiger partial charge >= 0.3 is 0 Å². The summed E-state index contributed by atoms with van der Waals surface area (Å²) in [6.45, 7) is 5.37. The van der Waals surface area contributed by atoms with Crippen LogP contribution in [0.25, 0.3) is 0 Å². The number of rotatable bonds is 5. The molecular formula is C17H26N2O. The Morgan fingerprint density at radius 1 is 1.15 bits per heavy atom. The first kappa shape index (κ1) is 15.0. The second-order valence-corrected chi connectivity index (χ2v) is 5.65. The summed E-state index contributed by atoms with van der Waals surface area (Å²) in [7, 11) is 0. The fourth-order valence-corrected chi connectivity index (χ4v) is 2.74. The van der Waals surface area contributed by atoms with Crippen LogP contribution >= 0.6 is 0 Å². The lowest BCUT2D eigenvalue weighted by Crippen LogP contribution is -2.39. The van der Waals surface area contributed by atoms with Gasteiger partial charge in [-0.2, -0.15) is 0 Å². The maximum atomic E-state index is 12.1. The number of hydrogen-bond acceptors (Lipinski definition) is 2. The molecule has 0 unspecified atom stereocenters. The smallest absolute Gasteiger partial charge is 0.236 e. The third-order valence-electron chi connectivity index (χ3n) is 4.07. The molecule has 1 saturated heterocycles. The molecular weight excluding hydrogens is 248 g/mol. The Hall–Kier alpha value is -1.35. The topological polar surface area (TPSA) is 32.3 Å². The first-order valence-corrected chi connectivity index (χ1v) is 7.80. The molecule has 1 aliphatic rings. The lowest BCUT2D eigenvalue weighted by Gasteiger charge is -2.20. The summed E-state index contributed by atoms with van der Waals surface area (Å²) in [5.74, 6) is 0.261. The molecule has 1 fully saturated rings. The van der Waals surface area contributed by atoms with Gasteiger partial charge in [0.25, 0.3) is 0 Å². The van der Waals surface area contributed by atoms with Gasteiger partial charge in [-0.3, -0.25) is 4.79 Å². The van der Waals surface area contributed by atoms with Crippen molar-refractivity contribution in [3.05, 3.63) is 35.4 Å². The first-order valence-electron chi connectivity index (χ1n) is 7.80. The van der Waals surface area contributed by atoms with Crippen molar-refractivity contribution in [3.63, 3.8) is 0 Å². The molecule has 0 radical (unpaired) electrons. The number of carbonyl (C=O) groups is 1. The summed E-state index contributed by atoms with van der Waals surface area (Å²) in [4.78, 5) is 14.1. The van der Waals surface area contributed by atoms with Gasteiger partial charge in [-0.15, -0.1) is 0 Å². The molecule has 3 heteroatoms. The van der Waals surface area contributed by atoms with Gasteiger partial charge in [0.1, 0.15) is 0 Å². The van der Waals surface area contributed by atoms with Gasteiger partial charge in [0, 0.05) is 13.1 Å². The van der Waals surface area contributed by atoms with Crippen LogP contribution in [0.5, 0.6) is 0 Å². The molecule has 0 aromatic heterocycles. The van der Waals surface area contributed by atoms with Crippen molar-refractivity contribution in [1.82, 2.24) is 10.2 Å². The quantitative estimate of drug-likeness (QED) is 0.837. The molecule has 20 heavy (non-hydrogen) atoms. The number of hydrogen-bond donors (Lipinski definition) is 1. The molecule has 0 aliphatic carbocycles. The molecule has 1 aromatic rings. The van der Waals surface area contributed by atoms with Crippen LogP contribution in [-0.4, -0.2) is 37.0 Å². The van der Waals surface area contributed by atoms with E-state index in [2.05, 4.69) is 36.5 Å². The highest BCUT2D eigenvalue weighted by molar-refractivity contribution is 5.78. The van der Waals surface area contributed by atoms with Crippen LogP contribution in [0.3, 0.4) is 0 Å². The van der Waals surface area contributed by atoms with Crippen LogP contribution in [0, 0.1) is 6.92 Å². The zero-order valence-electron chi connectivity index (χ0n) is 12.5. The van der Waals surface area contributed by atoms with Crippen LogP contribution in [0.4, 0.5) is 0 Å². The van der Waals surface area contributed by atoms with Crippen LogP contribution in [0.2, 0.25) is 0 Å². The first-order chi connectivity index (χ1) is 9.77. The number of nitrogens with zero attached hydrogens (tertiary/aromatic N) is 1. The number of nitrogens with one attached hydrogen (secondary N) is 1. The summed E-state index contributed by atoms with van der Waals surface area (Å²) in [5, 5.41) is 3.29. The van der Waals surface area contributed by atoms with Crippen LogP contribution < -0.4 is 5.32 Å². The standard InChI is InChI=1S/C17H26N2O/c1-15-8-4-5-9-16(15)10-11-18-14-17(20)19-12-6-2-3-7-13-19/h4-5,8-9,18H,2-3,6-7,10-14H2,1H3. The van der Waals surface area contributed by atoms with E-state index in [9.17, 15) is 4.79 Å². The number of aryl methyl sites for hydroxylation is 1. The Kier molecular flexibility index (Phi) is 6.06. The van der Waals surface area contributed by atoms with Crippen LogP contribution in [0.1, 0.15) is 36.8 Å². The molecule has 0 spiro atoms. The van der Waals surface area contributed by atoms with Gasteiger partial charge in [0.15, 0.2) is 0 Å². The minimum absolute atomic E-state index is 0.261. The highest BCUT2D eigenvalue weighted by atomic mass is 16.2. The van der Waals surface area contributed by atoms with Crippen molar-refractivity contribution in [2.24, 2.45) is 0 Å². The third-order valence-corrected chi connectivity index (χ3v) is 4.07. The highest BCUT2D eigenvalue weighted by Gasteiger charge is 2.14. The molecule has 0 bridgehead atoms. The maximum absolute atomic E-state index is 12.1. The number of benzene rings is 1. The minimum atomic E-state index is 0.261. The molecule has 1 aromatic carbocycles. The van der Waals surface area contributed by atoms with Gasteiger partial charge in [-0.05, 0) is 43.9 Å². The van der Waals surface area contributed by atoms with Crippen LogP contribution in [0.15, 0.2) is 24.3 Å². The maximum Gasteiger partial charge on any atom is 0.236 e. The van der Waals surface area contributed by atoms with E-state index in [1.54, 1.807) is 0 Å². The summed E-state index contributed by atoms with van der Waals surface area (Å²) >= 11 is 0. The lowest BCUT2D eigenvalue weighted by atomic mass is 10.1. The van der Waals surface area contributed by atoms with Gasteiger partial charge in [-0.1, -0.05) is 37.1 Å². The van der Waals surface area contributed by atoms with Crippen molar-refractivity contribution in [3.8, 4) is 0 Å². The van der Waals surface area contributed by atoms with Crippen molar-refractivity contribution in [1.29, 1.82) is 0 Å². The Labute approximate surface area is 122 Å². The van der Waals surface area contributed by atoms with Crippen LogP contribution in [-0.2, 0) is 11.2 Å². The predicted molar refractivity (Wildman–Crippen MR) is 82.8 cm³/mol. The summed E-state index contributed by atoms with van der Waals surface area (Å²) in [6, 6.07) is 8.44. The monoisotopic (exact) mass is 274 g/mol. The van der Waals surface area contributed by atoms with Gasteiger partial charge < -0.3 is 10.2 Å². The zero-order chi connectivity index (χ0) is 14.2. The van der Waals surface area contributed by atoms with E-state index in [1.165, 1.54) is 24.0 Å². The lowest BCUT2D eigenvalue weighted by molar-refractivity contribution is -0.130. The normalized spacial score (nSPS) is 15.9. The molecule has 3 nitrogen and oxygen atoms in total. The fourth-order valence-electron chi connectivity index (χ4n) is 2.74. The zero-order valence-corrected chi connectivity index (χ0v) is 12.5. The summed E-state index contributed by atoms with van der Waals surface area (Å²) in [5.41, 5.74) is 2.69. The largest absolute Gasteiger partial charge is 0.342 e. The molecule has 1 heterocycles. The van der Waals surface area contributed by atoms with Crippen molar-refractivity contribution >= 4 is 5.91 Å². The molecule has 0 saturated carbocycles. The van der Waals surface area contributed by atoms with E-state index in [1.807, 2.05) is 4.90 Å². The molecule has 110 valence electrons. The van der Waals surface area contributed by atoms with Gasteiger partial charge in [0.2, 0.25) is 5.91 Å². The fraction of sp³-hybridized carbons (Fsp3) is 0.588. The SMILES string of the molecule is Cc1ccccc1CCNCC(=O)N1CCCCCC1. The van der Waals surface area contributed by atoms with E-state index in [0.717, 1.165) is 38.9 Å². The molecule has 0 atom stereocenters. The number of likely N-dealkylation sites (tertiary alicyclic amines) is 1. The third kappa shape index (κ3) is 4.64. The van der Waals surface area contributed by atoms with Gasteiger partial charge in [-0.25, -0.2) is 0 Å². The average Bonchev–Trinajstić information content (AvgIpc) is 2.74. The molecule has 1 amide bonds. The Bertz CT molecular complexity index is 423. The Balaban J connectivity index is 1.67. The molecule has 1 N–H and O–H groups in total. The predicted octanol–water partition coefficient (Wildman–Crippen LogP) is 2.53. The van der Waals surface area contributed by atoms with E-state index >= 15 is 0 Å².